The van der Waals surface area contributed by atoms with E-state index in [1.165, 1.54) is 24.3 Å². The van der Waals surface area contributed by atoms with Crippen LogP contribution < -0.4 is 0 Å². The Morgan fingerprint density at radius 2 is 1.13 bits per heavy atom. The van der Waals surface area contributed by atoms with Crippen LogP contribution in [0.25, 0.3) is 0 Å². The number of aliphatic carboxylic acids is 2. The Kier molecular flexibility index (Phi) is 13.6. The molecule has 0 heterocycles. The van der Waals surface area contributed by atoms with Gasteiger partial charge in [0, 0.05) is 16.9 Å². The topological polar surface area (TPSA) is 163 Å². The van der Waals surface area contributed by atoms with Crippen molar-refractivity contribution in [3.05, 3.63) is 65.7 Å². The maximum atomic E-state index is 11.1. The molecule has 0 amide bonds. The summed E-state index contributed by atoms with van der Waals surface area (Å²) in [7, 11) is -3.33. The molecule has 0 radical (unpaired) electrons. The van der Waals surface area contributed by atoms with Gasteiger partial charge in [0.05, 0.1) is 17.7 Å². The molecule has 0 saturated carbocycles. The van der Waals surface area contributed by atoms with Crippen molar-refractivity contribution < 1.29 is 41.2 Å². The van der Waals surface area contributed by atoms with E-state index in [9.17, 15) is 18.0 Å². The van der Waals surface area contributed by atoms with Gasteiger partial charge in [-0.15, -0.1) is 0 Å². The van der Waals surface area contributed by atoms with Crippen LogP contribution in [0.3, 0.4) is 0 Å². The van der Waals surface area contributed by atoms with Crippen LogP contribution in [0.4, 0.5) is 0 Å². The second kappa shape index (κ2) is 13.7. The predicted octanol–water partition coefficient (Wildman–Crippen LogP) is 2.70. The number of hydrogen-bond acceptors (Lipinski definition) is 6. The van der Waals surface area contributed by atoms with Crippen LogP contribution >= 0.6 is 10.7 Å². The molecule has 0 aliphatic carbocycles. The minimum atomic E-state index is -4.19. The fourth-order valence-electron chi connectivity index (χ4n) is 1.80. The number of rotatable bonds is 5. The molecule has 30 heavy (non-hydrogen) atoms. The van der Waals surface area contributed by atoms with Gasteiger partial charge in [0.1, 0.15) is 0 Å². The average molecular weight is 483 g/mol. The number of carbonyl (C=O) groups is 2. The average Bonchev–Trinajstić information content (AvgIpc) is 2.53. The molecule has 0 atom stereocenters. The summed E-state index contributed by atoms with van der Waals surface area (Å²) < 4.78 is 47.3. The molecule has 0 saturated heterocycles. The highest BCUT2D eigenvalue weighted by Gasteiger charge is 2.07. The Bertz CT molecular complexity index is 993. The summed E-state index contributed by atoms with van der Waals surface area (Å²) in [5.74, 6) is -1.72. The van der Waals surface area contributed by atoms with E-state index >= 15 is 0 Å². The van der Waals surface area contributed by atoms with Crippen molar-refractivity contribution in [2.45, 2.75) is 25.2 Å². The SMILES string of the molecule is C.CS(=O)(=O)c1ccc(CC(=O)O)cc1.O=C(O)Cc1ccccc1.O=S(=O)(O)Cl. The van der Waals surface area contributed by atoms with Gasteiger partial charge in [0.2, 0.25) is 0 Å². The van der Waals surface area contributed by atoms with Gasteiger partial charge in [-0.05, 0) is 23.3 Å². The first-order valence-corrected chi connectivity index (χ1v) is 11.8. The number of carboxylic acids is 2. The number of halogens is 1. The summed E-state index contributed by atoms with van der Waals surface area (Å²) in [5.41, 5.74) is 1.43. The largest absolute Gasteiger partial charge is 0.481 e. The Balaban J connectivity index is 0. The number of sulfone groups is 1. The molecule has 0 bridgehead atoms. The number of carboxylic acid groups (broad SMARTS) is 2. The Labute approximate surface area is 180 Å². The van der Waals surface area contributed by atoms with E-state index in [2.05, 4.69) is 10.7 Å². The third kappa shape index (κ3) is 17.6. The standard InChI is InChI=1S/C9H10O4S.C8H8O2.CH4.ClHO3S/c1-14(12,13)8-4-2-7(3-5-8)6-9(10)11;9-8(10)6-7-4-2-1-3-5-7;;1-5(2,3)4/h2-5H,6H2,1H3,(H,10,11);1-5H,6H2,(H,9,10);1H4;(H,2,3,4). The van der Waals surface area contributed by atoms with E-state index in [1.54, 1.807) is 12.1 Å². The van der Waals surface area contributed by atoms with Gasteiger partial charge in [0.25, 0.3) is 0 Å². The lowest BCUT2D eigenvalue weighted by atomic mass is 10.2. The lowest BCUT2D eigenvalue weighted by Crippen LogP contribution is -2.01. The second-order valence-corrected chi connectivity index (χ2v) is 9.46. The predicted molar refractivity (Wildman–Crippen MR) is 113 cm³/mol. The molecule has 2 aromatic carbocycles. The number of hydrogen-bond donors (Lipinski definition) is 3. The summed E-state index contributed by atoms with van der Waals surface area (Å²) >= 11 is 0. The molecule has 0 aromatic heterocycles. The maximum absolute atomic E-state index is 11.1. The molecule has 0 aliphatic heterocycles. The summed E-state index contributed by atoms with van der Waals surface area (Å²) in [4.78, 5) is 20.7. The van der Waals surface area contributed by atoms with Gasteiger partial charge in [-0.1, -0.05) is 49.9 Å². The van der Waals surface area contributed by atoms with Crippen molar-refractivity contribution in [3.63, 3.8) is 0 Å². The lowest BCUT2D eigenvalue weighted by molar-refractivity contribution is -0.137. The van der Waals surface area contributed by atoms with Gasteiger partial charge in [-0.2, -0.15) is 8.42 Å². The summed E-state index contributed by atoms with van der Waals surface area (Å²) in [6.45, 7) is 0. The normalized spacial score (nSPS) is 10.2. The molecule has 12 heteroatoms. The smallest absolute Gasteiger partial charge is 0.353 e. The van der Waals surface area contributed by atoms with Crippen LogP contribution in [0.1, 0.15) is 18.6 Å². The molecular formula is C18H23ClO9S2. The summed E-state index contributed by atoms with van der Waals surface area (Å²) in [6.07, 6.45) is 1.13. The fraction of sp³-hybridized carbons (Fsp3) is 0.222. The molecule has 2 aromatic rings. The highest BCUT2D eigenvalue weighted by Crippen LogP contribution is 2.10. The first-order chi connectivity index (χ1) is 13.2. The summed E-state index contributed by atoms with van der Waals surface area (Å²) in [5, 5.41) is 16.8. The molecular weight excluding hydrogens is 460 g/mol. The van der Waals surface area contributed by atoms with E-state index in [1.807, 2.05) is 18.2 Å². The number of benzene rings is 2. The third-order valence-electron chi connectivity index (χ3n) is 2.91. The summed E-state index contributed by atoms with van der Waals surface area (Å²) in [6, 6.07) is 15.0. The van der Waals surface area contributed by atoms with Gasteiger partial charge in [-0.25, -0.2) is 8.42 Å². The molecule has 9 nitrogen and oxygen atoms in total. The Hall–Kier alpha value is -2.47. The van der Waals surface area contributed by atoms with Gasteiger partial charge in [0.15, 0.2) is 9.84 Å². The minimum Gasteiger partial charge on any atom is -0.481 e. The van der Waals surface area contributed by atoms with Crippen LogP contribution in [0.2, 0.25) is 0 Å². The molecule has 168 valence electrons. The molecule has 0 aliphatic rings. The van der Waals surface area contributed by atoms with Crippen LogP contribution in [0, 0.1) is 0 Å². The van der Waals surface area contributed by atoms with Crippen molar-refractivity contribution in [3.8, 4) is 0 Å². The van der Waals surface area contributed by atoms with Gasteiger partial charge >= 0.3 is 21.3 Å². The van der Waals surface area contributed by atoms with Crippen LogP contribution in [0.5, 0.6) is 0 Å². The van der Waals surface area contributed by atoms with E-state index in [0.717, 1.165) is 11.8 Å². The quantitative estimate of drug-likeness (QED) is 0.429. The highest BCUT2D eigenvalue weighted by molar-refractivity contribution is 8.09. The first-order valence-electron chi connectivity index (χ1n) is 7.62. The van der Waals surface area contributed by atoms with Gasteiger partial charge in [-0.3, -0.25) is 14.1 Å². The zero-order valence-electron chi connectivity index (χ0n) is 15.1. The monoisotopic (exact) mass is 482 g/mol. The van der Waals surface area contributed by atoms with Crippen molar-refractivity contribution in [1.82, 2.24) is 0 Å². The molecule has 2 rings (SSSR count). The minimum absolute atomic E-state index is 0. The Morgan fingerprint density at radius 1 is 0.800 bits per heavy atom. The first kappa shape index (κ1) is 29.7. The molecule has 0 fully saturated rings. The second-order valence-electron chi connectivity index (χ2n) is 5.45. The van der Waals surface area contributed by atoms with E-state index in [4.69, 9.17) is 23.2 Å². The van der Waals surface area contributed by atoms with Gasteiger partial charge < -0.3 is 10.2 Å². The van der Waals surface area contributed by atoms with Crippen LogP contribution in [0.15, 0.2) is 59.5 Å². The maximum Gasteiger partial charge on any atom is 0.353 e. The zero-order chi connectivity index (χ0) is 22.7. The van der Waals surface area contributed by atoms with Crippen molar-refractivity contribution in [2.24, 2.45) is 0 Å². The van der Waals surface area contributed by atoms with Crippen LogP contribution in [-0.2, 0) is 41.6 Å². The molecule has 3 N–H and O–H groups in total. The molecule has 0 spiro atoms. The molecule has 0 unspecified atom stereocenters. The van der Waals surface area contributed by atoms with Crippen molar-refractivity contribution in [2.75, 3.05) is 6.26 Å². The fourth-order valence-corrected chi connectivity index (χ4v) is 2.43. The third-order valence-corrected chi connectivity index (χ3v) is 4.03. The Morgan fingerprint density at radius 3 is 1.43 bits per heavy atom. The van der Waals surface area contributed by atoms with Crippen molar-refractivity contribution in [1.29, 1.82) is 0 Å². The highest BCUT2D eigenvalue weighted by atomic mass is 35.7. The zero-order valence-corrected chi connectivity index (χ0v) is 17.5. The van der Waals surface area contributed by atoms with E-state index in [-0.39, 0.29) is 25.2 Å². The van der Waals surface area contributed by atoms with Crippen molar-refractivity contribution >= 4 is 41.8 Å². The van der Waals surface area contributed by atoms with E-state index < -0.39 is 31.1 Å². The van der Waals surface area contributed by atoms with E-state index in [0.29, 0.717) is 5.56 Å². The lowest BCUT2D eigenvalue weighted by Gasteiger charge is -1.99. The van der Waals surface area contributed by atoms with Crippen LogP contribution in [-0.4, -0.2) is 49.8 Å².